The van der Waals surface area contributed by atoms with E-state index in [4.69, 9.17) is 11.6 Å². The lowest BCUT2D eigenvalue weighted by atomic mass is 10.1. The highest BCUT2D eigenvalue weighted by Crippen LogP contribution is 2.14. The van der Waals surface area contributed by atoms with Gasteiger partial charge >= 0.3 is 0 Å². The summed E-state index contributed by atoms with van der Waals surface area (Å²) in [6, 6.07) is 6.89. The number of aromatic nitrogens is 2. The Balaban J connectivity index is 2.11. The van der Waals surface area contributed by atoms with Crippen LogP contribution in [0.5, 0.6) is 0 Å². The van der Waals surface area contributed by atoms with Gasteiger partial charge in [0.05, 0.1) is 16.8 Å². The molecule has 2 aromatic heterocycles. The first-order valence-corrected chi connectivity index (χ1v) is 6.29. The van der Waals surface area contributed by atoms with Gasteiger partial charge < -0.3 is 5.32 Å². The van der Waals surface area contributed by atoms with Gasteiger partial charge in [-0.25, -0.2) is 4.98 Å². The fourth-order valence-corrected chi connectivity index (χ4v) is 1.91. The van der Waals surface area contributed by atoms with Gasteiger partial charge in [0.2, 0.25) is 0 Å². The molecule has 19 heavy (non-hydrogen) atoms. The van der Waals surface area contributed by atoms with E-state index < -0.39 is 0 Å². The third-order valence-electron chi connectivity index (χ3n) is 2.77. The lowest BCUT2D eigenvalue weighted by Crippen LogP contribution is -2.28. The first-order valence-electron chi connectivity index (χ1n) is 5.92. The maximum atomic E-state index is 12.0. The number of pyridine rings is 2. The first kappa shape index (κ1) is 13.5. The molecule has 0 saturated heterocycles. The van der Waals surface area contributed by atoms with Crippen molar-refractivity contribution < 1.29 is 4.79 Å². The summed E-state index contributed by atoms with van der Waals surface area (Å²) in [5.74, 6) is -0.241. The molecule has 0 spiro atoms. The lowest BCUT2D eigenvalue weighted by molar-refractivity contribution is 0.0934. The van der Waals surface area contributed by atoms with Gasteiger partial charge in [-0.3, -0.25) is 9.78 Å². The van der Waals surface area contributed by atoms with Crippen LogP contribution in [0.25, 0.3) is 0 Å². The van der Waals surface area contributed by atoms with Crippen LogP contribution in [0.15, 0.2) is 36.7 Å². The molecule has 5 heteroatoms. The van der Waals surface area contributed by atoms with Crippen molar-refractivity contribution in [1.82, 2.24) is 15.3 Å². The second-order valence-corrected chi connectivity index (χ2v) is 4.70. The second-order valence-electron chi connectivity index (χ2n) is 4.26. The molecule has 0 radical (unpaired) electrons. The molecule has 0 aromatic carbocycles. The van der Waals surface area contributed by atoms with Crippen molar-refractivity contribution in [3.05, 3.63) is 58.6 Å². The average molecular weight is 276 g/mol. The van der Waals surface area contributed by atoms with Crippen LogP contribution in [0.1, 0.15) is 34.7 Å². The van der Waals surface area contributed by atoms with Crippen molar-refractivity contribution in [1.29, 1.82) is 0 Å². The highest BCUT2D eigenvalue weighted by atomic mass is 35.5. The molecule has 0 aliphatic rings. The Kier molecular flexibility index (Phi) is 4.12. The monoisotopic (exact) mass is 275 g/mol. The molecule has 1 N–H and O–H groups in total. The molecule has 1 unspecified atom stereocenters. The molecule has 4 nitrogen and oxygen atoms in total. The largest absolute Gasteiger partial charge is 0.343 e. The van der Waals surface area contributed by atoms with Crippen LogP contribution in [0.2, 0.25) is 5.02 Å². The Hall–Kier alpha value is -1.94. The summed E-state index contributed by atoms with van der Waals surface area (Å²) < 4.78 is 0. The van der Waals surface area contributed by atoms with Gasteiger partial charge in [-0.15, -0.1) is 0 Å². The maximum Gasteiger partial charge on any atom is 0.270 e. The molecule has 0 aliphatic heterocycles. The average Bonchev–Trinajstić information content (AvgIpc) is 2.39. The van der Waals surface area contributed by atoms with E-state index in [0.717, 1.165) is 11.3 Å². The third-order valence-corrected chi connectivity index (χ3v) is 2.99. The molecule has 0 saturated carbocycles. The van der Waals surface area contributed by atoms with Gasteiger partial charge in [0.1, 0.15) is 5.69 Å². The Bertz CT molecular complexity index is 583. The normalized spacial score (nSPS) is 11.9. The van der Waals surface area contributed by atoms with E-state index in [0.29, 0.717) is 10.7 Å². The van der Waals surface area contributed by atoms with Crippen molar-refractivity contribution >= 4 is 17.5 Å². The molecule has 0 aliphatic carbocycles. The minimum Gasteiger partial charge on any atom is -0.343 e. The SMILES string of the molecule is Cc1cccnc1C(C)NC(=O)c1ccc(Cl)cn1. The summed E-state index contributed by atoms with van der Waals surface area (Å²) in [6.45, 7) is 3.86. The van der Waals surface area contributed by atoms with E-state index in [-0.39, 0.29) is 11.9 Å². The highest BCUT2D eigenvalue weighted by molar-refractivity contribution is 6.30. The molecule has 0 fully saturated rings. The standard InChI is InChI=1S/C14H14ClN3O/c1-9-4-3-7-16-13(9)10(2)18-14(19)12-6-5-11(15)8-17-12/h3-8,10H,1-2H3,(H,18,19). The predicted octanol–water partition coefficient (Wildman–Crippen LogP) is 2.93. The first-order chi connectivity index (χ1) is 9.08. The van der Waals surface area contributed by atoms with Crippen molar-refractivity contribution in [3.8, 4) is 0 Å². The number of nitrogens with one attached hydrogen (secondary N) is 1. The van der Waals surface area contributed by atoms with E-state index in [9.17, 15) is 4.79 Å². The second kappa shape index (κ2) is 5.80. The zero-order chi connectivity index (χ0) is 13.8. The van der Waals surface area contributed by atoms with Crippen LogP contribution in [0, 0.1) is 6.92 Å². The minimum atomic E-state index is -0.241. The summed E-state index contributed by atoms with van der Waals surface area (Å²) in [5.41, 5.74) is 2.23. The van der Waals surface area contributed by atoms with Gasteiger partial charge in [0, 0.05) is 12.4 Å². The van der Waals surface area contributed by atoms with E-state index in [1.807, 2.05) is 26.0 Å². The van der Waals surface area contributed by atoms with E-state index >= 15 is 0 Å². The van der Waals surface area contributed by atoms with Crippen LogP contribution < -0.4 is 5.32 Å². The number of halogens is 1. The third kappa shape index (κ3) is 3.29. The lowest BCUT2D eigenvalue weighted by Gasteiger charge is -2.15. The summed E-state index contributed by atoms with van der Waals surface area (Å²) >= 11 is 5.73. The topological polar surface area (TPSA) is 54.9 Å². The van der Waals surface area contributed by atoms with Gasteiger partial charge in [-0.2, -0.15) is 0 Å². The van der Waals surface area contributed by atoms with Crippen molar-refractivity contribution in [2.24, 2.45) is 0 Å². The molecular formula is C14H14ClN3O. The minimum absolute atomic E-state index is 0.175. The number of carbonyl (C=O) groups excluding carboxylic acids is 1. The number of rotatable bonds is 3. The number of amides is 1. The summed E-state index contributed by atoms with van der Waals surface area (Å²) in [5, 5.41) is 3.37. The molecule has 98 valence electrons. The van der Waals surface area contributed by atoms with Crippen LogP contribution >= 0.6 is 11.6 Å². The summed E-state index contributed by atoms with van der Waals surface area (Å²) in [4.78, 5) is 20.3. The maximum absolute atomic E-state index is 12.0. The van der Waals surface area contributed by atoms with Crippen LogP contribution in [0.4, 0.5) is 0 Å². The van der Waals surface area contributed by atoms with Gasteiger partial charge in [-0.05, 0) is 37.6 Å². The van der Waals surface area contributed by atoms with Gasteiger partial charge in [0.25, 0.3) is 5.91 Å². The van der Waals surface area contributed by atoms with Gasteiger partial charge in [0.15, 0.2) is 0 Å². The number of hydrogen-bond donors (Lipinski definition) is 1. The molecule has 1 atom stereocenters. The Morgan fingerprint density at radius 1 is 1.32 bits per heavy atom. The number of aryl methyl sites for hydroxylation is 1. The molecule has 2 rings (SSSR count). The molecule has 2 aromatic rings. The molecule has 2 heterocycles. The van der Waals surface area contributed by atoms with Crippen LogP contribution in [-0.4, -0.2) is 15.9 Å². The Labute approximate surface area is 116 Å². The van der Waals surface area contributed by atoms with E-state index in [1.165, 1.54) is 6.20 Å². The molecule has 1 amide bonds. The number of hydrogen-bond acceptors (Lipinski definition) is 3. The Morgan fingerprint density at radius 2 is 2.11 bits per heavy atom. The highest BCUT2D eigenvalue weighted by Gasteiger charge is 2.14. The molecular weight excluding hydrogens is 262 g/mol. The quantitative estimate of drug-likeness (QED) is 0.937. The van der Waals surface area contributed by atoms with Gasteiger partial charge in [-0.1, -0.05) is 17.7 Å². The fourth-order valence-electron chi connectivity index (χ4n) is 1.80. The smallest absolute Gasteiger partial charge is 0.270 e. The predicted molar refractivity (Wildman–Crippen MR) is 74.1 cm³/mol. The number of carbonyl (C=O) groups is 1. The zero-order valence-electron chi connectivity index (χ0n) is 10.7. The van der Waals surface area contributed by atoms with Crippen LogP contribution in [0.3, 0.4) is 0 Å². The fraction of sp³-hybridized carbons (Fsp3) is 0.214. The van der Waals surface area contributed by atoms with E-state index in [1.54, 1.807) is 18.3 Å². The summed E-state index contributed by atoms with van der Waals surface area (Å²) in [7, 11) is 0. The van der Waals surface area contributed by atoms with Crippen molar-refractivity contribution in [3.63, 3.8) is 0 Å². The molecule has 0 bridgehead atoms. The van der Waals surface area contributed by atoms with Crippen molar-refractivity contribution in [2.45, 2.75) is 19.9 Å². The summed E-state index contributed by atoms with van der Waals surface area (Å²) in [6.07, 6.45) is 3.17. The van der Waals surface area contributed by atoms with E-state index in [2.05, 4.69) is 15.3 Å². The zero-order valence-corrected chi connectivity index (χ0v) is 11.5. The van der Waals surface area contributed by atoms with Crippen LogP contribution in [-0.2, 0) is 0 Å². The van der Waals surface area contributed by atoms with Crippen molar-refractivity contribution in [2.75, 3.05) is 0 Å². The number of nitrogens with zero attached hydrogens (tertiary/aromatic N) is 2. The Morgan fingerprint density at radius 3 is 2.74 bits per heavy atom.